The lowest BCUT2D eigenvalue weighted by atomic mass is 10.00. The van der Waals surface area contributed by atoms with Crippen molar-refractivity contribution in [1.82, 2.24) is 15.2 Å². The maximum atomic E-state index is 12.3. The van der Waals surface area contributed by atoms with E-state index in [-0.39, 0.29) is 11.9 Å². The van der Waals surface area contributed by atoms with Gasteiger partial charge in [-0.3, -0.25) is 4.79 Å². The third-order valence-corrected chi connectivity index (χ3v) is 4.59. The summed E-state index contributed by atoms with van der Waals surface area (Å²) in [6, 6.07) is 1.93. The quantitative estimate of drug-likeness (QED) is 0.918. The Kier molecular flexibility index (Phi) is 2.72. The van der Waals surface area contributed by atoms with Crippen molar-refractivity contribution in [3.8, 4) is 0 Å². The topological polar surface area (TPSA) is 58.4 Å². The molecule has 2 aliphatic heterocycles. The number of hydrogen-bond acceptors (Lipinski definition) is 4. The molecule has 2 saturated heterocycles. The Bertz CT molecular complexity index is 684. The molecule has 0 aliphatic carbocycles. The van der Waals surface area contributed by atoms with E-state index >= 15 is 0 Å². The fourth-order valence-electron chi connectivity index (χ4n) is 3.22. The average molecular weight is 292 g/mol. The van der Waals surface area contributed by atoms with E-state index < -0.39 is 0 Å². The largest absolute Gasteiger partial charge is 0.461 e. The fourth-order valence-corrected chi connectivity index (χ4v) is 3.41. The van der Waals surface area contributed by atoms with Crippen molar-refractivity contribution in [2.75, 3.05) is 19.6 Å². The van der Waals surface area contributed by atoms with Crippen molar-refractivity contribution in [2.24, 2.45) is 5.92 Å². The zero-order valence-electron chi connectivity index (χ0n) is 10.8. The van der Waals surface area contributed by atoms with Crippen LogP contribution in [-0.4, -0.2) is 41.5 Å². The number of rotatable bonds is 2. The molecule has 4 rings (SSSR count). The zero-order valence-corrected chi connectivity index (χ0v) is 11.6. The number of aromatic nitrogens is 1. The second-order valence-electron chi connectivity index (χ2n) is 5.54. The monoisotopic (exact) mass is 291 g/mol. The molecule has 4 heterocycles. The first-order valence-corrected chi connectivity index (χ1v) is 7.14. The molecule has 2 fully saturated rings. The first-order valence-electron chi connectivity index (χ1n) is 6.76. The van der Waals surface area contributed by atoms with Gasteiger partial charge in [-0.1, -0.05) is 11.6 Å². The third-order valence-electron chi connectivity index (χ3n) is 4.30. The minimum atomic E-state index is -0.136. The summed E-state index contributed by atoms with van der Waals surface area (Å²) in [6.45, 7) is 3.21. The van der Waals surface area contributed by atoms with Crippen molar-refractivity contribution in [2.45, 2.75) is 12.5 Å². The molecule has 2 aliphatic rings. The summed E-state index contributed by atoms with van der Waals surface area (Å²) in [4.78, 5) is 18.8. The van der Waals surface area contributed by atoms with Crippen LogP contribution >= 0.6 is 11.6 Å². The molecule has 2 aromatic heterocycles. The smallest absolute Gasteiger partial charge is 0.270 e. The SMILES string of the molecule is O=C(NC1CN2CC[C@H]1C2)c1cc2c(Cl)coc2cn1. The highest BCUT2D eigenvalue weighted by molar-refractivity contribution is 6.35. The van der Waals surface area contributed by atoms with Crippen LogP contribution in [0.15, 0.2) is 22.9 Å². The van der Waals surface area contributed by atoms with Crippen LogP contribution < -0.4 is 5.32 Å². The molecular formula is C14H14ClN3O2. The van der Waals surface area contributed by atoms with Gasteiger partial charge in [0, 0.05) is 24.5 Å². The number of nitrogens with zero attached hydrogens (tertiary/aromatic N) is 2. The Labute approximate surface area is 120 Å². The molecule has 1 amide bonds. The summed E-state index contributed by atoms with van der Waals surface area (Å²) in [5.74, 6) is 0.447. The Morgan fingerprint density at radius 2 is 2.40 bits per heavy atom. The van der Waals surface area contributed by atoms with Gasteiger partial charge in [0.25, 0.3) is 5.91 Å². The lowest BCUT2D eigenvalue weighted by Crippen LogP contribution is -2.43. The first kappa shape index (κ1) is 12.2. The van der Waals surface area contributed by atoms with Gasteiger partial charge in [0.2, 0.25) is 0 Å². The number of carbonyl (C=O) groups is 1. The van der Waals surface area contributed by atoms with Crippen molar-refractivity contribution in [3.63, 3.8) is 0 Å². The van der Waals surface area contributed by atoms with E-state index in [1.807, 2.05) is 0 Å². The number of fused-ring (bicyclic) bond motifs is 3. The number of furan rings is 1. The van der Waals surface area contributed by atoms with Crippen molar-refractivity contribution >= 4 is 28.5 Å². The molecule has 2 unspecified atom stereocenters. The summed E-state index contributed by atoms with van der Waals surface area (Å²) in [5, 5.41) is 4.31. The maximum Gasteiger partial charge on any atom is 0.270 e. The summed E-state index contributed by atoms with van der Waals surface area (Å²) in [6.07, 6.45) is 4.17. The van der Waals surface area contributed by atoms with Crippen LogP contribution in [0.25, 0.3) is 11.0 Å². The molecule has 0 spiro atoms. The highest BCUT2D eigenvalue weighted by atomic mass is 35.5. The molecule has 2 aromatic rings. The molecule has 104 valence electrons. The highest BCUT2D eigenvalue weighted by Crippen LogP contribution is 2.28. The molecule has 0 saturated carbocycles. The lowest BCUT2D eigenvalue weighted by Gasteiger charge is -2.22. The molecule has 0 aromatic carbocycles. The van der Waals surface area contributed by atoms with Gasteiger partial charge < -0.3 is 14.6 Å². The number of hydrogen-bond donors (Lipinski definition) is 1. The predicted molar refractivity (Wildman–Crippen MR) is 74.8 cm³/mol. The summed E-state index contributed by atoms with van der Waals surface area (Å²) >= 11 is 6.01. The van der Waals surface area contributed by atoms with E-state index in [2.05, 4.69) is 15.2 Å². The molecule has 20 heavy (non-hydrogen) atoms. The van der Waals surface area contributed by atoms with Gasteiger partial charge in [-0.2, -0.15) is 0 Å². The summed E-state index contributed by atoms with van der Waals surface area (Å²) < 4.78 is 5.22. The van der Waals surface area contributed by atoms with Gasteiger partial charge in [-0.15, -0.1) is 0 Å². The van der Waals surface area contributed by atoms with Gasteiger partial charge in [-0.25, -0.2) is 4.98 Å². The molecule has 2 bridgehead atoms. The van der Waals surface area contributed by atoms with Crippen LogP contribution in [0.2, 0.25) is 5.02 Å². The Hall–Kier alpha value is -1.59. The Balaban J connectivity index is 1.56. The normalized spacial score (nSPS) is 28.1. The van der Waals surface area contributed by atoms with Gasteiger partial charge >= 0.3 is 0 Å². The van der Waals surface area contributed by atoms with Crippen molar-refractivity contribution < 1.29 is 9.21 Å². The van der Waals surface area contributed by atoms with Crippen LogP contribution in [0.4, 0.5) is 0 Å². The number of amides is 1. The number of carbonyl (C=O) groups excluding carboxylic acids is 1. The van der Waals surface area contributed by atoms with E-state index in [0.717, 1.165) is 25.0 Å². The third kappa shape index (κ3) is 1.89. The van der Waals surface area contributed by atoms with Gasteiger partial charge in [0.05, 0.1) is 11.2 Å². The van der Waals surface area contributed by atoms with Crippen molar-refractivity contribution in [1.29, 1.82) is 0 Å². The maximum absolute atomic E-state index is 12.3. The van der Waals surface area contributed by atoms with Crippen molar-refractivity contribution in [3.05, 3.63) is 29.2 Å². The molecule has 6 heteroatoms. The van der Waals surface area contributed by atoms with Crippen LogP contribution in [0, 0.1) is 5.92 Å². The van der Waals surface area contributed by atoms with Crippen LogP contribution in [0.1, 0.15) is 16.9 Å². The lowest BCUT2D eigenvalue weighted by molar-refractivity contribution is 0.0919. The molecule has 0 radical (unpaired) electrons. The van der Waals surface area contributed by atoms with Gasteiger partial charge in [0.1, 0.15) is 12.0 Å². The second kappa shape index (κ2) is 4.46. The number of nitrogens with one attached hydrogen (secondary N) is 1. The molecule has 5 nitrogen and oxygen atoms in total. The highest BCUT2D eigenvalue weighted by Gasteiger charge is 2.38. The van der Waals surface area contributed by atoms with Crippen LogP contribution in [0.3, 0.4) is 0 Å². The summed E-state index contributed by atoms with van der Waals surface area (Å²) in [7, 11) is 0. The average Bonchev–Trinajstić information content (AvgIpc) is 3.15. The van der Waals surface area contributed by atoms with Crippen LogP contribution in [-0.2, 0) is 0 Å². The standard InChI is InChI=1S/C14H14ClN3O2/c15-10-7-20-13-4-16-11(3-9(10)13)14(19)17-12-6-18-2-1-8(12)5-18/h3-4,7-8,12H,1-2,5-6H2,(H,17,19)/t8-,12?/m0/s1. The second-order valence-corrected chi connectivity index (χ2v) is 5.94. The zero-order chi connectivity index (χ0) is 13.7. The fraction of sp³-hybridized carbons (Fsp3) is 0.429. The van der Waals surface area contributed by atoms with E-state index in [0.29, 0.717) is 22.2 Å². The van der Waals surface area contributed by atoms with E-state index in [9.17, 15) is 4.79 Å². The molecular weight excluding hydrogens is 278 g/mol. The number of piperidine rings is 1. The van der Waals surface area contributed by atoms with E-state index in [1.54, 1.807) is 12.3 Å². The Morgan fingerprint density at radius 1 is 1.50 bits per heavy atom. The van der Waals surface area contributed by atoms with Gasteiger partial charge in [-0.05, 0) is 24.9 Å². The molecule has 1 N–H and O–H groups in total. The first-order chi connectivity index (χ1) is 9.70. The van der Waals surface area contributed by atoms with E-state index in [4.69, 9.17) is 16.0 Å². The number of halogens is 1. The summed E-state index contributed by atoms with van der Waals surface area (Å²) in [5.41, 5.74) is 0.983. The predicted octanol–water partition coefficient (Wildman–Crippen LogP) is 1.92. The minimum absolute atomic E-state index is 0.136. The number of pyridine rings is 1. The minimum Gasteiger partial charge on any atom is -0.461 e. The van der Waals surface area contributed by atoms with Crippen LogP contribution in [0.5, 0.6) is 0 Å². The Morgan fingerprint density at radius 3 is 3.15 bits per heavy atom. The van der Waals surface area contributed by atoms with Gasteiger partial charge in [0.15, 0.2) is 5.58 Å². The van der Waals surface area contributed by atoms with E-state index in [1.165, 1.54) is 12.7 Å². The molecule has 3 atom stereocenters.